The molecule has 1 rings (SSSR count). The number of hydrogen-bond donors (Lipinski definition) is 1. The maximum atomic E-state index is 11.3. The summed E-state index contributed by atoms with van der Waals surface area (Å²) in [5, 5.41) is 8.46. The molecule has 0 aromatic rings. The van der Waals surface area contributed by atoms with Gasteiger partial charge in [0.1, 0.15) is 6.42 Å². The van der Waals surface area contributed by atoms with Crippen LogP contribution in [0.3, 0.4) is 0 Å². The van der Waals surface area contributed by atoms with E-state index in [1.54, 1.807) is 7.05 Å². The summed E-state index contributed by atoms with van der Waals surface area (Å²) in [6.07, 6.45) is 2.77. The minimum atomic E-state index is -1.09. The van der Waals surface area contributed by atoms with E-state index in [9.17, 15) is 9.59 Å². The number of nitrogens with zero attached hydrogens (tertiary/aromatic N) is 1. The molecule has 1 unspecified atom stereocenters. The van der Waals surface area contributed by atoms with E-state index >= 15 is 0 Å². The summed E-state index contributed by atoms with van der Waals surface area (Å²) in [5.41, 5.74) is 0. The van der Waals surface area contributed by atoms with Gasteiger partial charge in [0.2, 0.25) is 5.91 Å². The predicted octanol–water partition coefficient (Wildman–Crippen LogP) is 0.489. The molecule has 1 aliphatic heterocycles. The molecule has 1 N–H and O–H groups in total. The lowest BCUT2D eigenvalue weighted by Crippen LogP contribution is -2.37. The van der Waals surface area contributed by atoms with Crippen LogP contribution in [0.1, 0.15) is 25.7 Å². The van der Waals surface area contributed by atoms with Crippen molar-refractivity contribution in [1.29, 1.82) is 0 Å². The first kappa shape index (κ1) is 12.0. The number of carboxylic acids is 1. The average molecular weight is 215 g/mol. The Morgan fingerprint density at radius 3 is 2.73 bits per heavy atom. The number of likely N-dealkylation sites (N-methyl/N-ethyl adjacent to an activating group) is 1. The molecule has 1 saturated heterocycles. The minimum Gasteiger partial charge on any atom is -0.481 e. The summed E-state index contributed by atoms with van der Waals surface area (Å²) in [5.74, 6) is -1.45. The first-order valence-corrected chi connectivity index (χ1v) is 5.17. The maximum Gasteiger partial charge on any atom is 0.312 e. The molecule has 86 valence electrons. The van der Waals surface area contributed by atoms with Crippen molar-refractivity contribution in [1.82, 2.24) is 4.90 Å². The molecule has 5 heteroatoms. The molecular weight excluding hydrogens is 198 g/mol. The third-order valence-corrected chi connectivity index (χ3v) is 2.48. The van der Waals surface area contributed by atoms with E-state index in [4.69, 9.17) is 9.84 Å². The fraction of sp³-hybridized carbons (Fsp3) is 0.800. The van der Waals surface area contributed by atoms with Crippen molar-refractivity contribution in [3.05, 3.63) is 0 Å². The summed E-state index contributed by atoms with van der Waals surface area (Å²) >= 11 is 0. The fourth-order valence-electron chi connectivity index (χ4n) is 1.62. The second-order valence-corrected chi connectivity index (χ2v) is 3.83. The molecule has 0 radical (unpaired) electrons. The standard InChI is InChI=1S/C10H17NO4/c1-11(9(12)6-10(13)14)7-8-4-2-3-5-15-8/h8H,2-7H2,1H3,(H,13,14). The van der Waals surface area contributed by atoms with Gasteiger partial charge in [-0.2, -0.15) is 0 Å². The van der Waals surface area contributed by atoms with Gasteiger partial charge in [-0.15, -0.1) is 0 Å². The number of hydrogen-bond acceptors (Lipinski definition) is 3. The number of carbonyl (C=O) groups is 2. The lowest BCUT2D eigenvalue weighted by atomic mass is 10.1. The van der Waals surface area contributed by atoms with Crippen LogP contribution in [0.15, 0.2) is 0 Å². The molecule has 0 aromatic heterocycles. The Morgan fingerprint density at radius 1 is 1.47 bits per heavy atom. The van der Waals surface area contributed by atoms with Crippen LogP contribution in [-0.4, -0.2) is 48.2 Å². The highest BCUT2D eigenvalue weighted by Crippen LogP contribution is 2.13. The molecule has 1 atom stereocenters. The Hall–Kier alpha value is -1.10. The Bertz CT molecular complexity index is 236. The fourth-order valence-corrected chi connectivity index (χ4v) is 1.62. The molecule has 15 heavy (non-hydrogen) atoms. The SMILES string of the molecule is CN(CC1CCCCO1)C(=O)CC(=O)O. The number of carbonyl (C=O) groups excluding carboxylic acids is 1. The normalized spacial score (nSPS) is 21.0. The van der Waals surface area contributed by atoms with Crippen LogP contribution < -0.4 is 0 Å². The second-order valence-electron chi connectivity index (χ2n) is 3.83. The predicted molar refractivity (Wildman–Crippen MR) is 53.5 cm³/mol. The van der Waals surface area contributed by atoms with E-state index in [1.165, 1.54) is 4.90 Å². The first-order valence-electron chi connectivity index (χ1n) is 5.17. The van der Waals surface area contributed by atoms with Gasteiger partial charge in [-0.3, -0.25) is 9.59 Å². The average Bonchev–Trinajstić information content (AvgIpc) is 2.18. The zero-order valence-corrected chi connectivity index (χ0v) is 8.94. The third kappa shape index (κ3) is 4.29. The van der Waals surface area contributed by atoms with Gasteiger partial charge in [0, 0.05) is 20.2 Å². The number of rotatable bonds is 4. The van der Waals surface area contributed by atoms with E-state index in [1.807, 2.05) is 0 Å². The largest absolute Gasteiger partial charge is 0.481 e. The summed E-state index contributed by atoms with van der Waals surface area (Å²) in [6.45, 7) is 1.23. The zero-order valence-electron chi connectivity index (χ0n) is 8.94. The van der Waals surface area contributed by atoms with Gasteiger partial charge in [0.25, 0.3) is 0 Å². The monoisotopic (exact) mass is 215 g/mol. The van der Waals surface area contributed by atoms with Crippen LogP contribution in [0, 0.1) is 0 Å². The van der Waals surface area contributed by atoms with Crippen molar-refractivity contribution < 1.29 is 19.4 Å². The molecule has 1 amide bonds. The number of carboxylic acid groups (broad SMARTS) is 1. The molecule has 0 aromatic carbocycles. The van der Waals surface area contributed by atoms with Gasteiger partial charge < -0.3 is 14.7 Å². The highest BCUT2D eigenvalue weighted by Gasteiger charge is 2.19. The Balaban J connectivity index is 2.29. The summed E-state index contributed by atoms with van der Waals surface area (Å²) < 4.78 is 5.46. The first-order chi connectivity index (χ1) is 7.09. The van der Waals surface area contributed by atoms with E-state index in [0.717, 1.165) is 25.9 Å². The molecular formula is C10H17NO4. The smallest absolute Gasteiger partial charge is 0.312 e. The number of amides is 1. The number of aliphatic carboxylic acids is 1. The van der Waals surface area contributed by atoms with Crippen LogP contribution in [0.25, 0.3) is 0 Å². The molecule has 5 nitrogen and oxygen atoms in total. The molecule has 0 saturated carbocycles. The molecule has 1 heterocycles. The molecule has 1 fully saturated rings. The molecule has 0 aliphatic carbocycles. The number of ether oxygens (including phenoxy) is 1. The van der Waals surface area contributed by atoms with Crippen LogP contribution in [0.5, 0.6) is 0 Å². The Morgan fingerprint density at radius 2 is 2.20 bits per heavy atom. The lowest BCUT2D eigenvalue weighted by Gasteiger charge is -2.27. The van der Waals surface area contributed by atoms with E-state index < -0.39 is 12.4 Å². The van der Waals surface area contributed by atoms with Crippen molar-refractivity contribution in [2.45, 2.75) is 31.8 Å². The molecule has 1 aliphatic rings. The quantitative estimate of drug-likeness (QED) is 0.693. The van der Waals surface area contributed by atoms with Crippen molar-refractivity contribution in [2.24, 2.45) is 0 Å². The molecule has 0 bridgehead atoms. The van der Waals surface area contributed by atoms with Crippen LogP contribution in [0.4, 0.5) is 0 Å². The third-order valence-electron chi connectivity index (χ3n) is 2.48. The second kappa shape index (κ2) is 5.70. The zero-order chi connectivity index (χ0) is 11.3. The van der Waals surface area contributed by atoms with Crippen LogP contribution >= 0.6 is 0 Å². The van der Waals surface area contributed by atoms with Gasteiger partial charge >= 0.3 is 5.97 Å². The summed E-state index contributed by atoms with van der Waals surface area (Å²) in [4.78, 5) is 23.1. The van der Waals surface area contributed by atoms with Crippen LogP contribution in [0.2, 0.25) is 0 Å². The van der Waals surface area contributed by atoms with E-state index in [0.29, 0.717) is 6.54 Å². The molecule has 0 spiro atoms. The highest BCUT2D eigenvalue weighted by molar-refractivity contribution is 5.93. The van der Waals surface area contributed by atoms with E-state index in [2.05, 4.69) is 0 Å². The van der Waals surface area contributed by atoms with Crippen molar-refractivity contribution in [3.63, 3.8) is 0 Å². The van der Waals surface area contributed by atoms with Gasteiger partial charge in [-0.1, -0.05) is 0 Å². The Labute approximate surface area is 89.0 Å². The van der Waals surface area contributed by atoms with Gasteiger partial charge in [-0.05, 0) is 19.3 Å². The maximum absolute atomic E-state index is 11.3. The highest BCUT2D eigenvalue weighted by atomic mass is 16.5. The van der Waals surface area contributed by atoms with Gasteiger partial charge in [0.05, 0.1) is 6.10 Å². The van der Waals surface area contributed by atoms with Crippen molar-refractivity contribution in [3.8, 4) is 0 Å². The topological polar surface area (TPSA) is 66.8 Å². The Kier molecular flexibility index (Phi) is 4.55. The van der Waals surface area contributed by atoms with Crippen molar-refractivity contribution >= 4 is 11.9 Å². The van der Waals surface area contributed by atoms with E-state index in [-0.39, 0.29) is 12.0 Å². The minimum absolute atomic E-state index is 0.0708. The summed E-state index contributed by atoms with van der Waals surface area (Å²) in [6, 6.07) is 0. The summed E-state index contributed by atoms with van der Waals surface area (Å²) in [7, 11) is 1.61. The van der Waals surface area contributed by atoms with Gasteiger partial charge in [0.15, 0.2) is 0 Å². The van der Waals surface area contributed by atoms with Gasteiger partial charge in [-0.25, -0.2) is 0 Å². The van der Waals surface area contributed by atoms with Crippen LogP contribution in [-0.2, 0) is 14.3 Å². The lowest BCUT2D eigenvalue weighted by molar-refractivity contribution is -0.144. The van der Waals surface area contributed by atoms with Crippen molar-refractivity contribution in [2.75, 3.05) is 20.2 Å².